The molecule has 3 heterocycles. The Kier molecular flexibility index (Phi) is 5.82. The van der Waals surface area contributed by atoms with Crippen LogP contribution in [0.1, 0.15) is 37.7 Å². The van der Waals surface area contributed by atoms with Crippen molar-refractivity contribution in [1.29, 1.82) is 0 Å². The Morgan fingerprint density at radius 3 is 2.55 bits per heavy atom. The second-order valence-electron chi connectivity index (χ2n) is 8.64. The van der Waals surface area contributed by atoms with Crippen molar-refractivity contribution < 1.29 is 18.3 Å². The Morgan fingerprint density at radius 2 is 1.86 bits per heavy atom. The van der Waals surface area contributed by atoms with Crippen LogP contribution in [0.3, 0.4) is 0 Å². The van der Waals surface area contributed by atoms with Gasteiger partial charge in [-0.2, -0.15) is 4.31 Å². The summed E-state index contributed by atoms with van der Waals surface area (Å²) in [5, 5.41) is 9.05. The summed E-state index contributed by atoms with van der Waals surface area (Å²) in [4.78, 5) is 13.9. The third-order valence-corrected chi connectivity index (χ3v) is 8.66. The maximum atomic E-state index is 13.6. The molecule has 6 nitrogen and oxygen atoms in total. The fourth-order valence-electron chi connectivity index (χ4n) is 5.55. The van der Waals surface area contributed by atoms with Crippen molar-refractivity contribution >= 4 is 16.0 Å². The summed E-state index contributed by atoms with van der Waals surface area (Å²) in [5.74, 6) is -0.336. The van der Waals surface area contributed by atoms with Gasteiger partial charge in [-0.3, -0.25) is 9.69 Å². The zero-order valence-electron chi connectivity index (χ0n) is 16.9. The number of hydrogen-bond acceptors (Lipinski definition) is 4. The molecule has 0 saturated carbocycles. The van der Waals surface area contributed by atoms with E-state index >= 15 is 0 Å². The third-order valence-electron chi connectivity index (χ3n) is 6.79. The number of carboxylic acids is 1. The number of carboxylic acid groups (broad SMARTS) is 1. The van der Waals surface area contributed by atoms with Crippen molar-refractivity contribution in [3.63, 3.8) is 0 Å². The van der Waals surface area contributed by atoms with Gasteiger partial charge >= 0.3 is 5.97 Å². The molecule has 3 saturated heterocycles. The Labute approximate surface area is 173 Å². The first-order valence-electron chi connectivity index (χ1n) is 10.6. The number of sulfonamides is 1. The minimum Gasteiger partial charge on any atom is -0.481 e. The molecule has 0 aliphatic carbocycles. The van der Waals surface area contributed by atoms with Crippen molar-refractivity contribution in [1.82, 2.24) is 9.21 Å². The lowest BCUT2D eigenvalue weighted by atomic mass is 9.70. The number of hydrogen-bond donors (Lipinski definition) is 1. The minimum atomic E-state index is -3.65. The summed E-state index contributed by atoms with van der Waals surface area (Å²) in [6.07, 6.45) is 7.62. The van der Waals surface area contributed by atoms with Crippen molar-refractivity contribution in [3.05, 3.63) is 42.0 Å². The first kappa shape index (κ1) is 20.6. The maximum absolute atomic E-state index is 13.6. The smallest absolute Gasteiger partial charge is 0.307 e. The van der Waals surface area contributed by atoms with Crippen molar-refractivity contribution in [2.24, 2.45) is 11.8 Å². The third kappa shape index (κ3) is 4.00. The van der Waals surface area contributed by atoms with Gasteiger partial charge in [-0.1, -0.05) is 29.8 Å². The molecule has 29 heavy (non-hydrogen) atoms. The van der Waals surface area contributed by atoms with Gasteiger partial charge in [-0.15, -0.1) is 0 Å². The second-order valence-corrected chi connectivity index (χ2v) is 10.5. The van der Waals surface area contributed by atoms with E-state index in [0.717, 1.165) is 44.3 Å². The van der Waals surface area contributed by atoms with E-state index in [2.05, 4.69) is 4.90 Å². The summed E-state index contributed by atoms with van der Waals surface area (Å²) in [6.45, 7) is 4.63. The zero-order chi connectivity index (χ0) is 20.6. The van der Waals surface area contributed by atoms with E-state index in [9.17, 15) is 13.2 Å². The predicted octanol–water partition coefficient (Wildman–Crippen LogP) is 2.89. The van der Waals surface area contributed by atoms with Gasteiger partial charge in [0.25, 0.3) is 0 Å². The molecule has 1 aromatic rings. The van der Waals surface area contributed by atoms with Crippen molar-refractivity contribution in [2.45, 2.75) is 56.0 Å². The number of piperidine rings is 3. The van der Waals surface area contributed by atoms with Gasteiger partial charge in [-0.05, 0) is 69.7 Å². The normalized spacial score (nSPS) is 30.9. The van der Waals surface area contributed by atoms with Crippen LogP contribution in [-0.4, -0.2) is 60.4 Å². The lowest BCUT2D eigenvalue weighted by Crippen LogP contribution is -2.65. The molecule has 0 spiro atoms. The van der Waals surface area contributed by atoms with Gasteiger partial charge in [0.2, 0.25) is 10.0 Å². The van der Waals surface area contributed by atoms with Gasteiger partial charge in [0.15, 0.2) is 0 Å². The van der Waals surface area contributed by atoms with Crippen LogP contribution in [0.25, 0.3) is 0 Å². The highest BCUT2D eigenvalue weighted by Crippen LogP contribution is 2.44. The number of nitrogens with zero attached hydrogens (tertiary/aromatic N) is 2. The van der Waals surface area contributed by atoms with E-state index < -0.39 is 16.0 Å². The molecule has 7 heteroatoms. The fourth-order valence-corrected chi connectivity index (χ4v) is 7.23. The average Bonchev–Trinajstić information content (AvgIpc) is 2.69. The molecule has 0 amide bonds. The maximum Gasteiger partial charge on any atom is 0.307 e. The molecule has 1 N–H and O–H groups in total. The molecule has 3 aliphatic heterocycles. The average molecular weight is 419 g/mol. The molecule has 1 aromatic carbocycles. The minimum absolute atomic E-state index is 0.0839. The number of aryl methyl sites for hydroxylation is 1. The Balaban J connectivity index is 1.72. The largest absolute Gasteiger partial charge is 0.481 e. The monoisotopic (exact) mass is 418 g/mol. The lowest BCUT2D eigenvalue weighted by Gasteiger charge is -2.56. The first-order chi connectivity index (χ1) is 13.9. The van der Waals surface area contributed by atoms with Crippen LogP contribution in [-0.2, 0) is 14.8 Å². The molecule has 3 fully saturated rings. The second kappa shape index (κ2) is 8.20. The van der Waals surface area contributed by atoms with Gasteiger partial charge in [0.1, 0.15) is 0 Å². The molecule has 4 rings (SSSR count). The van der Waals surface area contributed by atoms with Crippen LogP contribution >= 0.6 is 0 Å². The van der Waals surface area contributed by atoms with Crippen LogP contribution in [0.15, 0.2) is 41.3 Å². The predicted molar refractivity (Wildman–Crippen MR) is 111 cm³/mol. The van der Waals surface area contributed by atoms with E-state index in [1.807, 2.05) is 25.1 Å². The molecule has 0 radical (unpaired) electrons. The SMILES string of the molecule is Cc1ccc(S(=O)(=O)N2C[C@@H]3CCCN4CCC[C@@H]([C@H]34)[C@H]2/C=C/CC(=O)O)cc1. The number of carbonyl (C=O) groups is 1. The Hall–Kier alpha value is -1.70. The van der Waals surface area contributed by atoms with Crippen LogP contribution in [0.2, 0.25) is 0 Å². The number of aliphatic carboxylic acids is 1. The molecule has 158 valence electrons. The summed E-state index contributed by atoms with van der Waals surface area (Å²) in [7, 11) is -3.65. The van der Waals surface area contributed by atoms with Gasteiger partial charge in [0.05, 0.1) is 11.3 Å². The van der Waals surface area contributed by atoms with E-state index in [-0.39, 0.29) is 18.4 Å². The Morgan fingerprint density at radius 1 is 1.17 bits per heavy atom. The van der Waals surface area contributed by atoms with E-state index in [1.165, 1.54) is 0 Å². The molecule has 0 aromatic heterocycles. The zero-order valence-corrected chi connectivity index (χ0v) is 17.7. The van der Waals surface area contributed by atoms with Gasteiger partial charge < -0.3 is 5.11 Å². The van der Waals surface area contributed by atoms with Gasteiger partial charge in [0, 0.05) is 18.6 Å². The summed E-state index contributed by atoms with van der Waals surface area (Å²) < 4.78 is 28.9. The van der Waals surface area contributed by atoms with Crippen LogP contribution in [0.4, 0.5) is 0 Å². The molecule has 3 aliphatic rings. The topological polar surface area (TPSA) is 77.9 Å². The summed E-state index contributed by atoms with van der Waals surface area (Å²) in [6, 6.07) is 7.14. The summed E-state index contributed by atoms with van der Waals surface area (Å²) in [5.41, 5.74) is 1.02. The van der Waals surface area contributed by atoms with Crippen LogP contribution < -0.4 is 0 Å². The Bertz CT molecular complexity index is 879. The van der Waals surface area contributed by atoms with E-state index in [1.54, 1.807) is 22.5 Å². The lowest BCUT2D eigenvalue weighted by molar-refractivity contribution is -0.136. The number of benzene rings is 1. The summed E-state index contributed by atoms with van der Waals surface area (Å²) >= 11 is 0. The molecule has 0 unspecified atom stereocenters. The highest BCUT2D eigenvalue weighted by atomic mass is 32.2. The first-order valence-corrected chi connectivity index (χ1v) is 12.0. The highest BCUT2D eigenvalue weighted by Gasteiger charge is 2.50. The molecule has 0 bridgehead atoms. The van der Waals surface area contributed by atoms with E-state index in [4.69, 9.17) is 5.11 Å². The highest BCUT2D eigenvalue weighted by molar-refractivity contribution is 7.89. The fraction of sp³-hybridized carbons (Fsp3) is 0.591. The van der Waals surface area contributed by atoms with Crippen LogP contribution in [0.5, 0.6) is 0 Å². The van der Waals surface area contributed by atoms with Crippen LogP contribution in [0, 0.1) is 18.8 Å². The standard InChI is InChI=1S/C22H30N2O4S/c1-16-9-11-18(12-10-16)29(27,28)24-15-17-5-3-13-23-14-4-6-19(22(17)23)20(24)7-2-8-21(25)26/h2,7,9-12,17,19-20,22H,3-6,8,13-15H2,1H3,(H,25,26)/b7-2+/t17-,19+,20+,22-/m0/s1. The van der Waals surface area contributed by atoms with E-state index in [0.29, 0.717) is 23.4 Å². The molecular formula is C22H30N2O4S. The quantitative estimate of drug-likeness (QED) is 0.744. The molecular weight excluding hydrogens is 388 g/mol. The molecule has 4 atom stereocenters. The van der Waals surface area contributed by atoms with Gasteiger partial charge in [-0.25, -0.2) is 8.42 Å². The van der Waals surface area contributed by atoms with Crippen molar-refractivity contribution in [3.8, 4) is 0 Å². The number of rotatable bonds is 5. The van der Waals surface area contributed by atoms with Crippen molar-refractivity contribution in [2.75, 3.05) is 19.6 Å².